The van der Waals surface area contributed by atoms with Crippen molar-refractivity contribution in [3.63, 3.8) is 0 Å². The Bertz CT molecular complexity index is 289. The van der Waals surface area contributed by atoms with Gasteiger partial charge in [-0.3, -0.25) is 0 Å². The van der Waals surface area contributed by atoms with Gasteiger partial charge in [0.15, 0.2) is 0 Å². The molecule has 3 heteroatoms. The Hall–Kier alpha value is -0.540. The Labute approximate surface area is 93.5 Å². The largest absolute Gasteiger partial charge is 0.396 e. The number of aliphatic hydroxyl groups excluding tert-OH is 1. The lowest BCUT2D eigenvalue weighted by atomic mass is 10.1. The van der Waals surface area contributed by atoms with Crippen LogP contribution in [0.4, 0.5) is 5.69 Å². The first kappa shape index (κ1) is 11.5. The average Bonchev–Trinajstić information content (AvgIpc) is 2.09. The van der Waals surface area contributed by atoms with Gasteiger partial charge in [-0.05, 0) is 53.4 Å². The average molecular weight is 258 g/mol. The normalized spacial score (nSPS) is 10.3. The smallest absolute Gasteiger partial charge is 0.0514 e. The fourth-order valence-corrected chi connectivity index (χ4v) is 2.25. The molecule has 2 N–H and O–H groups in total. The lowest BCUT2D eigenvalue weighted by Gasteiger charge is -2.12. The van der Waals surface area contributed by atoms with Gasteiger partial charge in [0.05, 0.1) is 5.69 Å². The molecule has 0 saturated carbocycles. The summed E-state index contributed by atoms with van der Waals surface area (Å²) < 4.78 is 1.09. The van der Waals surface area contributed by atoms with Crippen LogP contribution in [-0.2, 0) is 0 Å². The van der Waals surface area contributed by atoms with Crippen molar-refractivity contribution in [2.45, 2.75) is 20.3 Å². The molecule has 0 radical (unpaired) electrons. The number of nitrogens with one attached hydrogen (secondary N) is 1. The summed E-state index contributed by atoms with van der Waals surface area (Å²) in [5, 5.41) is 12.0. The zero-order chi connectivity index (χ0) is 10.6. The van der Waals surface area contributed by atoms with Crippen LogP contribution in [0.3, 0.4) is 0 Å². The Balaban J connectivity index is 2.75. The van der Waals surface area contributed by atoms with E-state index in [1.807, 2.05) is 0 Å². The molecule has 14 heavy (non-hydrogen) atoms. The van der Waals surface area contributed by atoms with E-state index < -0.39 is 0 Å². The van der Waals surface area contributed by atoms with Gasteiger partial charge >= 0.3 is 0 Å². The third-order valence-electron chi connectivity index (χ3n) is 2.07. The number of hydrogen-bond acceptors (Lipinski definition) is 2. The molecule has 0 spiro atoms. The van der Waals surface area contributed by atoms with E-state index in [1.165, 1.54) is 11.1 Å². The van der Waals surface area contributed by atoms with Gasteiger partial charge in [-0.15, -0.1) is 0 Å². The molecule has 1 aromatic rings. The van der Waals surface area contributed by atoms with Gasteiger partial charge in [0.1, 0.15) is 0 Å². The molecule has 1 aromatic carbocycles. The minimum atomic E-state index is 0.232. The quantitative estimate of drug-likeness (QED) is 0.814. The van der Waals surface area contributed by atoms with Crippen molar-refractivity contribution >= 4 is 21.6 Å². The van der Waals surface area contributed by atoms with Gasteiger partial charge in [-0.25, -0.2) is 0 Å². The molecular formula is C11H16BrNO. The standard InChI is InChI=1S/C11H16BrNO/c1-8-6-9(2)11(10(12)7-8)13-4-3-5-14/h6-7,13-14H,3-5H2,1-2H3. The predicted octanol–water partition coefficient (Wildman–Crippen LogP) is 2.86. The monoisotopic (exact) mass is 257 g/mol. The van der Waals surface area contributed by atoms with Crippen molar-refractivity contribution in [3.05, 3.63) is 27.7 Å². The van der Waals surface area contributed by atoms with E-state index in [1.54, 1.807) is 0 Å². The molecule has 1 rings (SSSR count). The van der Waals surface area contributed by atoms with Crippen molar-refractivity contribution in [3.8, 4) is 0 Å². The van der Waals surface area contributed by atoms with Crippen LogP contribution in [0.1, 0.15) is 17.5 Å². The summed E-state index contributed by atoms with van der Waals surface area (Å²) in [6.45, 7) is 5.20. The summed E-state index contributed by atoms with van der Waals surface area (Å²) in [6.07, 6.45) is 0.778. The molecule has 0 heterocycles. The molecule has 0 bridgehead atoms. The second kappa shape index (κ2) is 5.37. The van der Waals surface area contributed by atoms with Crippen LogP contribution in [0, 0.1) is 13.8 Å². The first-order valence-corrected chi connectivity index (χ1v) is 5.56. The Morgan fingerprint density at radius 2 is 2.07 bits per heavy atom. The Morgan fingerprint density at radius 1 is 1.36 bits per heavy atom. The molecule has 0 aliphatic carbocycles. The second-order valence-electron chi connectivity index (χ2n) is 3.44. The molecule has 0 aromatic heterocycles. The van der Waals surface area contributed by atoms with Crippen LogP contribution in [-0.4, -0.2) is 18.3 Å². The molecule has 0 saturated heterocycles. The molecule has 0 aliphatic heterocycles. The maximum atomic E-state index is 8.68. The molecular weight excluding hydrogens is 242 g/mol. The van der Waals surface area contributed by atoms with Crippen LogP contribution >= 0.6 is 15.9 Å². The number of benzene rings is 1. The van der Waals surface area contributed by atoms with E-state index in [2.05, 4.69) is 47.2 Å². The summed E-state index contributed by atoms with van der Waals surface area (Å²) in [5.74, 6) is 0. The van der Waals surface area contributed by atoms with E-state index >= 15 is 0 Å². The highest BCUT2D eigenvalue weighted by molar-refractivity contribution is 9.10. The van der Waals surface area contributed by atoms with E-state index in [-0.39, 0.29) is 6.61 Å². The second-order valence-corrected chi connectivity index (χ2v) is 4.30. The predicted molar refractivity (Wildman–Crippen MR) is 63.8 cm³/mol. The fourth-order valence-electron chi connectivity index (χ4n) is 1.43. The highest BCUT2D eigenvalue weighted by atomic mass is 79.9. The number of rotatable bonds is 4. The van der Waals surface area contributed by atoms with E-state index in [9.17, 15) is 0 Å². The molecule has 0 unspecified atom stereocenters. The molecule has 0 amide bonds. The van der Waals surface area contributed by atoms with Crippen molar-refractivity contribution < 1.29 is 5.11 Å². The first-order valence-electron chi connectivity index (χ1n) is 4.76. The number of hydrogen-bond donors (Lipinski definition) is 2. The fraction of sp³-hybridized carbons (Fsp3) is 0.455. The Morgan fingerprint density at radius 3 is 2.64 bits per heavy atom. The van der Waals surface area contributed by atoms with Gasteiger partial charge in [-0.2, -0.15) is 0 Å². The highest BCUT2D eigenvalue weighted by Crippen LogP contribution is 2.27. The lowest BCUT2D eigenvalue weighted by molar-refractivity contribution is 0.292. The zero-order valence-corrected chi connectivity index (χ0v) is 10.2. The number of anilines is 1. The zero-order valence-electron chi connectivity index (χ0n) is 8.60. The highest BCUT2D eigenvalue weighted by Gasteiger charge is 2.03. The van der Waals surface area contributed by atoms with Crippen molar-refractivity contribution in [2.24, 2.45) is 0 Å². The Kier molecular flexibility index (Phi) is 4.42. The van der Waals surface area contributed by atoms with Crippen LogP contribution in [0.5, 0.6) is 0 Å². The van der Waals surface area contributed by atoms with Crippen molar-refractivity contribution in [1.29, 1.82) is 0 Å². The van der Waals surface area contributed by atoms with Crippen LogP contribution in [0.2, 0.25) is 0 Å². The number of aliphatic hydroxyl groups is 1. The van der Waals surface area contributed by atoms with E-state index in [4.69, 9.17) is 5.11 Å². The minimum absolute atomic E-state index is 0.232. The third kappa shape index (κ3) is 3.00. The summed E-state index contributed by atoms with van der Waals surface area (Å²) in [7, 11) is 0. The SMILES string of the molecule is Cc1cc(C)c(NCCCO)c(Br)c1. The van der Waals surface area contributed by atoms with Gasteiger partial charge in [0, 0.05) is 17.6 Å². The lowest BCUT2D eigenvalue weighted by Crippen LogP contribution is -2.05. The number of aryl methyl sites for hydroxylation is 2. The van der Waals surface area contributed by atoms with E-state index in [0.29, 0.717) is 0 Å². The summed E-state index contributed by atoms with van der Waals surface area (Å²) in [4.78, 5) is 0. The molecule has 0 fully saturated rings. The van der Waals surface area contributed by atoms with Crippen molar-refractivity contribution in [2.75, 3.05) is 18.5 Å². The molecule has 0 aliphatic rings. The van der Waals surface area contributed by atoms with Gasteiger partial charge in [0.2, 0.25) is 0 Å². The van der Waals surface area contributed by atoms with Crippen LogP contribution in [0.25, 0.3) is 0 Å². The number of halogens is 1. The first-order chi connectivity index (χ1) is 6.65. The summed E-state index contributed by atoms with van der Waals surface area (Å²) >= 11 is 3.53. The van der Waals surface area contributed by atoms with E-state index in [0.717, 1.165) is 23.1 Å². The maximum absolute atomic E-state index is 8.68. The van der Waals surface area contributed by atoms with Crippen LogP contribution in [0.15, 0.2) is 16.6 Å². The van der Waals surface area contributed by atoms with Crippen LogP contribution < -0.4 is 5.32 Å². The topological polar surface area (TPSA) is 32.3 Å². The molecule has 0 atom stereocenters. The summed E-state index contributed by atoms with van der Waals surface area (Å²) in [6, 6.07) is 4.24. The summed E-state index contributed by atoms with van der Waals surface area (Å²) in [5.41, 5.74) is 3.61. The van der Waals surface area contributed by atoms with Gasteiger partial charge in [0.25, 0.3) is 0 Å². The van der Waals surface area contributed by atoms with Crippen molar-refractivity contribution in [1.82, 2.24) is 0 Å². The molecule has 2 nitrogen and oxygen atoms in total. The van der Waals surface area contributed by atoms with Gasteiger partial charge in [-0.1, -0.05) is 6.07 Å². The molecule has 78 valence electrons. The third-order valence-corrected chi connectivity index (χ3v) is 2.69. The minimum Gasteiger partial charge on any atom is -0.396 e. The van der Waals surface area contributed by atoms with Gasteiger partial charge < -0.3 is 10.4 Å². The maximum Gasteiger partial charge on any atom is 0.0514 e.